The summed E-state index contributed by atoms with van der Waals surface area (Å²) in [7, 11) is 0. The fourth-order valence-electron chi connectivity index (χ4n) is 2.50. The minimum atomic E-state index is -0.148. The standard InChI is InChI=1S/C17H14N4OS2/c22-16(17-20-12-5-1-2-6-14(12)24-17)18-11-13(15-7-3-10-23-15)21-9-4-8-19-21/h1-10,13H,11H2,(H,18,22)/t13-/m0/s1. The van der Waals surface area contributed by atoms with Gasteiger partial charge in [0.05, 0.1) is 10.2 Å². The lowest BCUT2D eigenvalue weighted by molar-refractivity contribution is 0.0949. The molecule has 24 heavy (non-hydrogen) atoms. The fourth-order valence-corrected chi connectivity index (χ4v) is 4.21. The van der Waals surface area contributed by atoms with Gasteiger partial charge in [0.25, 0.3) is 5.91 Å². The number of carbonyl (C=O) groups is 1. The van der Waals surface area contributed by atoms with Crippen molar-refractivity contribution in [2.75, 3.05) is 6.54 Å². The normalized spacial score (nSPS) is 12.3. The Kier molecular flexibility index (Phi) is 4.10. The topological polar surface area (TPSA) is 59.8 Å². The minimum Gasteiger partial charge on any atom is -0.347 e. The molecule has 0 bridgehead atoms. The first-order valence-electron chi connectivity index (χ1n) is 7.47. The van der Waals surface area contributed by atoms with Crippen molar-refractivity contribution in [2.45, 2.75) is 6.04 Å². The Morgan fingerprint density at radius 2 is 2.12 bits per heavy atom. The molecular weight excluding hydrogens is 340 g/mol. The second-order valence-electron chi connectivity index (χ2n) is 5.21. The van der Waals surface area contributed by atoms with E-state index in [1.807, 2.05) is 52.7 Å². The molecule has 0 unspecified atom stereocenters. The number of fused-ring (bicyclic) bond motifs is 1. The van der Waals surface area contributed by atoms with Crippen molar-refractivity contribution >= 4 is 38.8 Å². The van der Waals surface area contributed by atoms with E-state index in [-0.39, 0.29) is 11.9 Å². The third-order valence-electron chi connectivity index (χ3n) is 3.66. The molecule has 1 atom stereocenters. The molecule has 0 saturated carbocycles. The highest BCUT2D eigenvalue weighted by molar-refractivity contribution is 7.20. The molecular formula is C17H14N4OS2. The van der Waals surface area contributed by atoms with Crippen LogP contribution in [0.1, 0.15) is 20.7 Å². The number of benzene rings is 1. The number of carbonyl (C=O) groups excluding carboxylic acids is 1. The van der Waals surface area contributed by atoms with E-state index in [9.17, 15) is 4.79 Å². The number of aromatic nitrogens is 3. The fraction of sp³-hybridized carbons (Fsp3) is 0.118. The summed E-state index contributed by atoms with van der Waals surface area (Å²) in [5.74, 6) is -0.148. The van der Waals surface area contributed by atoms with E-state index in [4.69, 9.17) is 0 Å². The van der Waals surface area contributed by atoms with Gasteiger partial charge in [0, 0.05) is 23.8 Å². The zero-order valence-electron chi connectivity index (χ0n) is 12.6. The van der Waals surface area contributed by atoms with Crippen molar-refractivity contribution in [2.24, 2.45) is 0 Å². The first-order chi connectivity index (χ1) is 11.8. The van der Waals surface area contributed by atoms with E-state index in [1.165, 1.54) is 11.3 Å². The highest BCUT2D eigenvalue weighted by Crippen LogP contribution is 2.23. The zero-order chi connectivity index (χ0) is 16.4. The first kappa shape index (κ1) is 15.0. The van der Waals surface area contributed by atoms with Gasteiger partial charge in [-0.3, -0.25) is 9.48 Å². The number of thiazole rings is 1. The first-order valence-corrected chi connectivity index (χ1v) is 9.17. The van der Waals surface area contributed by atoms with Crippen LogP contribution >= 0.6 is 22.7 Å². The summed E-state index contributed by atoms with van der Waals surface area (Å²) in [6.07, 6.45) is 3.66. The molecule has 120 valence electrons. The zero-order valence-corrected chi connectivity index (χ0v) is 14.3. The number of hydrogen-bond donors (Lipinski definition) is 1. The van der Waals surface area contributed by atoms with Gasteiger partial charge >= 0.3 is 0 Å². The molecule has 4 rings (SSSR count). The number of rotatable bonds is 5. The van der Waals surface area contributed by atoms with E-state index in [1.54, 1.807) is 17.5 Å². The minimum absolute atomic E-state index is 0.0154. The van der Waals surface area contributed by atoms with Crippen LogP contribution in [0.4, 0.5) is 0 Å². The Labute approximate surface area is 146 Å². The summed E-state index contributed by atoms with van der Waals surface area (Å²) < 4.78 is 2.88. The third kappa shape index (κ3) is 2.95. The summed E-state index contributed by atoms with van der Waals surface area (Å²) in [5.41, 5.74) is 0.856. The molecule has 0 aliphatic rings. The Bertz CT molecular complexity index is 877. The average molecular weight is 354 g/mol. The smallest absolute Gasteiger partial charge is 0.280 e. The van der Waals surface area contributed by atoms with Crippen molar-refractivity contribution in [3.63, 3.8) is 0 Å². The Hall–Kier alpha value is -2.51. The van der Waals surface area contributed by atoms with Crippen LogP contribution in [0.25, 0.3) is 10.2 Å². The highest BCUT2D eigenvalue weighted by Gasteiger charge is 2.18. The van der Waals surface area contributed by atoms with Gasteiger partial charge in [0.2, 0.25) is 0 Å². The Morgan fingerprint density at radius 3 is 2.88 bits per heavy atom. The number of nitrogens with one attached hydrogen (secondary N) is 1. The number of hydrogen-bond acceptors (Lipinski definition) is 5. The molecule has 0 radical (unpaired) electrons. The van der Waals surface area contributed by atoms with E-state index in [0.29, 0.717) is 11.6 Å². The molecule has 7 heteroatoms. The second kappa shape index (κ2) is 6.54. The number of thiophene rings is 1. The number of nitrogens with zero attached hydrogens (tertiary/aromatic N) is 3. The van der Waals surface area contributed by atoms with Crippen LogP contribution in [-0.2, 0) is 0 Å². The van der Waals surface area contributed by atoms with Crippen LogP contribution in [0, 0.1) is 0 Å². The van der Waals surface area contributed by atoms with Crippen molar-refractivity contribution in [3.05, 3.63) is 70.1 Å². The molecule has 0 aliphatic carbocycles. The summed E-state index contributed by atoms with van der Waals surface area (Å²) in [6.45, 7) is 0.469. The molecule has 3 heterocycles. The van der Waals surface area contributed by atoms with Gasteiger partial charge in [-0.25, -0.2) is 4.98 Å². The Morgan fingerprint density at radius 1 is 1.21 bits per heavy atom. The van der Waals surface area contributed by atoms with Crippen LogP contribution in [0.3, 0.4) is 0 Å². The van der Waals surface area contributed by atoms with E-state index < -0.39 is 0 Å². The van der Waals surface area contributed by atoms with E-state index in [0.717, 1.165) is 15.1 Å². The highest BCUT2D eigenvalue weighted by atomic mass is 32.1. The maximum atomic E-state index is 12.5. The van der Waals surface area contributed by atoms with Gasteiger partial charge in [-0.2, -0.15) is 5.10 Å². The van der Waals surface area contributed by atoms with E-state index in [2.05, 4.69) is 21.5 Å². The lowest BCUT2D eigenvalue weighted by atomic mass is 10.2. The van der Waals surface area contributed by atoms with Gasteiger partial charge in [-0.1, -0.05) is 18.2 Å². The summed E-state index contributed by atoms with van der Waals surface area (Å²) in [6, 6.07) is 13.7. The molecule has 1 aromatic carbocycles. The van der Waals surface area contributed by atoms with Crippen LogP contribution in [0.2, 0.25) is 0 Å². The number of para-hydroxylation sites is 1. The van der Waals surface area contributed by atoms with Gasteiger partial charge in [-0.15, -0.1) is 22.7 Å². The van der Waals surface area contributed by atoms with Crippen molar-refractivity contribution in [1.29, 1.82) is 0 Å². The molecule has 0 aliphatic heterocycles. The largest absolute Gasteiger partial charge is 0.347 e. The molecule has 3 aromatic heterocycles. The van der Waals surface area contributed by atoms with Crippen LogP contribution in [0.15, 0.2) is 60.2 Å². The molecule has 0 spiro atoms. The van der Waals surface area contributed by atoms with Gasteiger partial charge in [0.1, 0.15) is 6.04 Å². The van der Waals surface area contributed by atoms with Crippen LogP contribution in [-0.4, -0.2) is 27.2 Å². The lowest BCUT2D eigenvalue weighted by Gasteiger charge is -2.16. The van der Waals surface area contributed by atoms with Crippen molar-refractivity contribution in [1.82, 2.24) is 20.1 Å². The van der Waals surface area contributed by atoms with Gasteiger partial charge in [-0.05, 0) is 29.6 Å². The van der Waals surface area contributed by atoms with Crippen molar-refractivity contribution < 1.29 is 4.79 Å². The second-order valence-corrected chi connectivity index (χ2v) is 7.22. The number of amides is 1. The summed E-state index contributed by atoms with van der Waals surface area (Å²) in [4.78, 5) is 18.0. The van der Waals surface area contributed by atoms with Crippen LogP contribution in [0.5, 0.6) is 0 Å². The molecule has 1 amide bonds. The molecule has 5 nitrogen and oxygen atoms in total. The van der Waals surface area contributed by atoms with Crippen LogP contribution < -0.4 is 5.32 Å². The summed E-state index contributed by atoms with van der Waals surface area (Å²) in [5, 5.41) is 9.82. The maximum absolute atomic E-state index is 12.5. The molecule has 0 saturated heterocycles. The predicted molar refractivity (Wildman–Crippen MR) is 96.6 cm³/mol. The quantitative estimate of drug-likeness (QED) is 0.596. The third-order valence-corrected chi connectivity index (χ3v) is 5.67. The monoisotopic (exact) mass is 354 g/mol. The summed E-state index contributed by atoms with van der Waals surface area (Å²) >= 11 is 3.06. The molecule has 4 aromatic rings. The average Bonchev–Trinajstić information content (AvgIpc) is 3.35. The van der Waals surface area contributed by atoms with Gasteiger partial charge in [0.15, 0.2) is 5.01 Å². The molecule has 0 fully saturated rings. The lowest BCUT2D eigenvalue weighted by Crippen LogP contribution is -2.31. The van der Waals surface area contributed by atoms with Gasteiger partial charge < -0.3 is 5.32 Å². The predicted octanol–water partition coefficient (Wildman–Crippen LogP) is 3.57. The maximum Gasteiger partial charge on any atom is 0.280 e. The SMILES string of the molecule is O=C(NC[C@@H](c1cccs1)n1cccn1)c1nc2ccccc2s1. The van der Waals surface area contributed by atoms with E-state index >= 15 is 0 Å². The van der Waals surface area contributed by atoms with Crippen molar-refractivity contribution in [3.8, 4) is 0 Å². The molecule has 1 N–H and O–H groups in total. The Balaban J connectivity index is 1.52.